The molecule has 2 amide bonds. The third-order valence-corrected chi connectivity index (χ3v) is 7.14. The van der Waals surface area contributed by atoms with Crippen LogP contribution in [0.2, 0.25) is 0 Å². The van der Waals surface area contributed by atoms with Gasteiger partial charge in [-0.05, 0) is 41.5 Å². The summed E-state index contributed by atoms with van der Waals surface area (Å²) in [5, 5.41) is 20.3. The summed E-state index contributed by atoms with van der Waals surface area (Å²) in [5.41, 5.74) is 9.21. The fourth-order valence-corrected chi connectivity index (χ4v) is 4.65. The fraction of sp³-hybridized carbons (Fsp3) is 0.382. The SMILES string of the molecule is CCOC(=O)[C@H](NCc1ccc(CN)cc1)[C@H](O)[C@H](Cc1ccccc1)NC(=O)[C@@H](NC(=O)OCc1ccccc1)C(C)C. The van der Waals surface area contributed by atoms with Gasteiger partial charge in [0.05, 0.1) is 12.6 Å². The van der Waals surface area contributed by atoms with E-state index < -0.39 is 42.2 Å². The zero-order valence-electron chi connectivity index (χ0n) is 25.6. The van der Waals surface area contributed by atoms with Crippen LogP contribution in [0, 0.1) is 5.92 Å². The fourth-order valence-electron chi connectivity index (χ4n) is 4.65. The number of alkyl carbamates (subject to hydrolysis) is 1. The highest BCUT2D eigenvalue weighted by molar-refractivity contribution is 5.86. The maximum Gasteiger partial charge on any atom is 0.408 e. The molecule has 10 heteroatoms. The van der Waals surface area contributed by atoms with Crippen LogP contribution in [0.25, 0.3) is 0 Å². The molecule has 0 aliphatic rings. The van der Waals surface area contributed by atoms with Crippen LogP contribution >= 0.6 is 0 Å². The number of nitrogens with two attached hydrogens (primary N) is 1. The number of benzene rings is 3. The predicted octanol–water partition coefficient (Wildman–Crippen LogP) is 3.21. The number of carbonyl (C=O) groups excluding carboxylic acids is 3. The van der Waals surface area contributed by atoms with Gasteiger partial charge in [0, 0.05) is 13.1 Å². The molecule has 0 aromatic heterocycles. The van der Waals surface area contributed by atoms with E-state index in [-0.39, 0.29) is 32.1 Å². The number of aliphatic hydroxyl groups is 1. The molecule has 0 aliphatic carbocycles. The summed E-state index contributed by atoms with van der Waals surface area (Å²) in [4.78, 5) is 39.3. The highest BCUT2D eigenvalue weighted by atomic mass is 16.5. The molecular formula is C34H44N4O6. The largest absolute Gasteiger partial charge is 0.465 e. The van der Waals surface area contributed by atoms with Gasteiger partial charge in [0.1, 0.15) is 24.8 Å². The van der Waals surface area contributed by atoms with E-state index in [1.54, 1.807) is 20.8 Å². The monoisotopic (exact) mass is 604 g/mol. The topological polar surface area (TPSA) is 152 Å². The first kappa shape index (κ1) is 34.2. The van der Waals surface area contributed by atoms with E-state index in [2.05, 4.69) is 16.0 Å². The number of nitrogens with one attached hydrogen (secondary N) is 3. The lowest BCUT2D eigenvalue weighted by Crippen LogP contribution is -2.60. The van der Waals surface area contributed by atoms with E-state index in [1.807, 2.05) is 84.9 Å². The maximum absolute atomic E-state index is 13.6. The minimum atomic E-state index is -1.38. The summed E-state index contributed by atoms with van der Waals surface area (Å²) >= 11 is 0. The molecule has 0 unspecified atom stereocenters. The Morgan fingerprint density at radius 1 is 0.773 bits per heavy atom. The third kappa shape index (κ3) is 10.8. The number of carbonyl (C=O) groups is 3. The Hall–Kier alpha value is -4.25. The van der Waals surface area contributed by atoms with Gasteiger partial charge in [-0.25, -0.2) is 4.79 Å². The molecule has 0 radical (unpaired) electrons. The highest BCUT2D eigenvalue weighted by Gasteiger charge is 2.36. The minimum absolute atomic E-state index is 0.0519. The second-order valence-electron chi connectivity index (χ2n) is 10.9. The number of amides is 2. The molecule has 3 rings (SSSR count). The Labute approximate surface area is 259 Å². The quantitative estimate of drug-likeness (QED) is 0.156. The highest BCUT2D eigenvalue weighted by Crippen LogP contribution is 2.14. The van der Waals surface area contributed by atoms with Crippen molar-refractivity contribution in [2.45, 2.75) is 71.1 Å². The standard InChI is InChI=1S/C34H44N4O6/c1-4-43-33(41)30(36-21-26-17-15-25(20-35)16-18-26)31(39)28(19-24-11-7-5-8-12-24)37-32(40)29(23(2)3)38-34(42)44-22-27-13-9-6-10-14-27/h5-18,23,28-31,36,39H,4,19-22,35H2,1-3H3,(H,37,40)(H,38,42)/t28-,29-,30+,31+/m0/s1. The van der Waals surface area contributed by atoms with Crippen molar-refractivity contribution >= 4 is 18.0 Å². The van der Waals surface area contributed by atoms with Gasteiger partial charge in [-0.2, -0.15) is 0 Å². The smallest absolute Gasteiger partial charge is 0.408 e. The molecule has 0 bridgehead atoms. The van der Waals surface area contributed by atoms with Crippen LogP contribution in [0.1, 0.15) is 43.0 Å². The van der Waals surface area contributed by atoms with Crippen LogP contribution in [0.5, 0.6) is 0 Å². The van der Waals surface area contributed by atoms with Crippen LogP contribution in [0.3, 0.4) is 0 Å². The second-order valence-corrected chi connectivity index (χ2v) is 10.9. The number of hydrogen-bond donors (Lipinski definition) is 5. The van der Waals surface area contributed by atoms with Gasteiger partial charge in [0.2, 0.25) is 5.91 Å². The summed E-state index contributed by atoms with van der Waals surface area (Å²) in [6.45, 7) is 6.13. The van der Waals surface area contributed by atoms with Crippen LogP contribution in [-0.4, -0.2) is 53.9 Å². The third-order valence-electron chi connectivity index (χ3n) is 7.14. The molecule has 0 spiro atoms. The Kier molecular flexibility index (Phi) is 13.8. The first-order valence-corrected chi connectivity index (χ1v) is 14.9. The zero-order valence-corrected chi connectivity index (χ0v) is 25.6. The Balaban J connectivity index is 1.78. The Morgan fingerprint density at radius 3 is 1.93 bits per heavy atom. The Bertz CT molecular complexity index is 1300. The zero-order chi connectivity index (χ0) is 31.9. The van der Waals surface area contributed by atoms with Crippen LogP contribution < -0.4 is 21.7 Å². The van der Waals surface area contributed by atoms with Crippen molar-refractivity contribution in [2.24, 2.45) is 11.7 Å². The number of rotatable bonds is 16. The summed E-state index contributed by atoms with van der Waals surface area (Å²) in [5.74, 6) is -1.46. The van der Waals surface area contributed by atoms with Crippen molar-refractivity contribution in [3.05, 3.63) is 107 Å². The van der Waals surface area contributed by atoms with Crippen LogP contribution in [0.4, 0.5) is 4.79 Å². The molecule has 0 aliphatic heterocycles. The second kappa shape index (κ2) is 17.8. The van der Waals surface area contributed by atoms with Gasteiger partial charge < -0.3 is 30.9 Å². The lowest BCUT2D eigenvalue weighted by Gasteiger charge is -2.32. The molecule has 0 fully saturated rings. The van der Waals surface area contributed by atoms with E-state index in [4.69, 9.17) is 15.2 Å². The first-order chi connectivity index (χ1) is 21.2. The normalized spacial score (nSPS) is 13.8. The maximum atomic E-state index is 13.6. The Morgan fingerprint density at radius 2 is 1.36 bits per heavy atom. The van der Waals surface area contributed by atoms with E-state index >= 15 is 0 Å². The van der Waals surface area contributed by atoms with Crippen LogP contribution in [0.15, 0.2) is 84.9 Å². The van der Waals surface area contributed by atoms with Gasteiger partial charge >= 0.3 is 12.1 Å². The van der Waals surface area contributed by atoms with E-state index in [9.17, 15) is 19.5 Å². The van der Waals surface area contributed by atoms with Gasteiger partial charge in [0.15, 0.2) is 0 Å². The molecular weight excluding hydrogens is 560 g/mol. The van der Waals surface area contributed by atoms with Crippen molar-refractivity contribution in [3.63, 3.8) is 0 Å². The summed E-state index contributed by atoms with van der Waals surface area (Å²) in [7, 11) is 0. The molecule has 6 N–H and O–H groups in total. The van der Waals surface area contributed by atoms with Gasteiger partial charge in [0.25, 0.3) is 0 Å². The lowest BCUT2D eigenvalue weighted by atomic mass is 9.94. The molecule has 3 aromatic carbocycles. The molecule has 3 aromatic rings. The predicted molar refractivity (Wildman–Crippen MR) is 168 cm³/mol. The molecule has 0 saturated carbocycles. The summed E-state index contributed by atoms with van der Waals surface area (Å²) in [6, 6.07) is 23.1. The van der Waals surface area contributed by atoms with Crippen molar-refractivity contribution in [2.75, 3.05) is 6.61 Å². The first-order valence-electron chi connectivity index (χ1n) is 14.9. The molecule has 0 heterocycles. The van der Waals surface area contributed by atoms with Crippen molar-refractivity contribution in [3.8, 4) is 0 Å². The molecule has 0 saturated heterocycles. The van der Waals surface area contributed by atoms with Gasteiger partial charge in [-0.15, -0.1) is 0 Å². The summed E-state index contributed by atoms with van der Waals surface area (Å²) < 4.78 is 10.6. The lowest BCUT2D eigenvalue weighted by molar-refractivity contribution is -0.150. The molecule has 4 atom stereocenters. The van der Waals surface area contributed by atoms with Crippen molar-refractivity contribution in [1.82, 2.24) is 16.0 Å². The van der Waals surface area contributed by atoms with Crippen molar-refractivity contribution < 1.29 is 29.0 Å². The average molecular weight is 605 g/mol. The van der Waals surface area contributed by atoms with Gasteiger partial charge in [-0.3, -0.25) is 14.9 Å². The number of esters is 1. The van der Waals surface area contributed by atoms with E-state index in [0.717, 1.165) is 22.3 Å². The van der Waals surface area contributed by atoms with Gasteiger partial charge in [-0.1, -0.05) is 98.8 Å². The summed E-state index contributed by atoms with van der Waals surface area (Å²) in [6.07, 6.45) is -1.89. The van der Waals surface area contributed by atoms with Crippen molar-refractivity contribution in [1.29, 1.82) is 0 Å². The number of aliphatic hydroxyl groups excluding tert-OH is 1. The molecule has 44 heavy (non-hydrogen) atoms. The van der Waals surface area contributed by atoms with Crippen LogP contribution in [-0.2, 0) is 45.2 Å². The molecule has 10 nitrogen and oxygen atoms in total. The number of ether oxygens (including phenoxy) is 2. The number of hydrogen-bond acceptors (Lipinski definition) is 8. The van der Waals surface area contributed by atoms with E-state index in [1.165, 1.54) is 0 Å². The molecule has 236 valence electrons. The average Bonchev–Trinajstić information content (AvgIpc) is 3.03. The minimum Gasteiger partial charge on any atom is -0.465 e. The van der Waals surface area contributed by atoms with E-state index in [0.29, 0.717) is 6.54 Å².